The predicted molar refractivity (Wildman–Crippen MR) is 82.2 cm³/mol. The lowest BCUT2D eigenvalue weighted by Gasteiger charge is -2.05. The van der Waals surface area contributed by atoms with E-state index in [1.54, 1.807) is 7.05 Å². The van der Waals surface area contributed by atoms with Gasteiger partial charge in [-0.15, -0.1) is 16.4 Å². The second kappa shape index (κ2) is 6.31. The fraction of sp³-hybridized carbons (Fsp3) is 0.154. The van der Waals surface area contributed by atoms with Gasteiger partial charge in [-0.3, -0.25) is 0 Å². The van der Waals surface area contributed by atoms with Crippen molar-refractivity contribution in [1.82, 2.24) is 25.2 Å². The topological polar surface area (TPSA) is 104 Å². The van der Waals surface area contributed by atoms with Crippen molar-refractivity contribution in [3.8, 4) is 0 Å². The van der Waals surface area contributed by atoms with Gasteiger partial charge in [-0.2, -0.15) is 0 Å². The summed E-state index contributed by atoms with van der Waals surface area (Å²) in [5.41, 5.74) is 7.73. The average molecular weight is 315 g/mol. The van der Waals surface area contributed by atoms with Gasteiger partial charge >= 0.3 is 0 Å². The summed E-state index contributed by atoms with van der Waals surface area (Å²) in [4.78, 5) is 9.51. The molecule has 0 saturated heterocycles. The molecule has 0 amide bonds. The van der Waals surface area contributed by atoms with E-state index < -0.39 is 0 Å². The molecule has 0 bridgehead atoms. The number of hydrogen-bond donors (Lipinski definition) is 1. The number of benzene rings is 1. The van der Waals surface area contributed by atoms with Crippen molar-refractivity contribution in [3.05, 3.63) is 52.8 Å². The number of nitrogens with two attached hydrogens (primary N) is 1. The third-order valence-corrected chi connectivity index (χ3v) is 3.54. The summed E-state index contributed by atoms with van der Waals surface area (Å²) in [6.07, 6.45) is 0. The molecule has 0 fully saturated rings. The number of tetrazole rings is 1. The molecular formula is C13H13N7OS. The van der Waals surface area contributed by atoms with E-state index in [0.717, 1.165) is 11.3 Å². The Morgan fingerprint density at radius 3 is 2.82 bits per heavy atom. The molecule has 112 valence electrons. The lowest BCUT2D eigenvalue weighted by atomic mass is 10.1. The summed E-state index contributed by atoms with van der Waals surface area (Å²) in [5.74, 6) is 0.518. The van der Waals surface area contributed by atoms with Gasteiger partial charge < -0.3 is 10.6 Å². The third-order valence-electron chi connectivity index (χ3n) is 2.82. The molecule has 0 saturated carbocycles. The molecule has 2 aromatic heterocycles. The molecule has 1 aromatic carbocycles. The van der Waals surface area contributed by atoms with E-state index in [1.807, 2.05) is 35.7 Å². The Bertz CT molecular complexity index is 781. The average Bonchev–Trinajstić information content (AvgIpc) is 3.13. The van der Waals surface area contributed by atoms with Gasteiger partial charge in [-0.05, 0) is 10.4 Å². The number of aromatic nitrogens is 5. The molecule has 3 aromatic rings. The second-order valence-electron chi connectivity index (χ2n) is 4.38. The van der Waals surface area contributed by atoms with Crippen LogP contribution in [0.3, 0.4) is 0 Å². The van der Waals surface area contributed by atoms with Gasteiger partial charge in [-0.1, -0.05) is 35.5 Å². The standard InChI is InChI=1S/C13H13N7OS/c1-20-12(16-18-19-20)11(9-5-3-2-4-6-9)17-21-7-10-8-22-13(14)15-10/h2-6,8H,7H2,1H3,(H2,14,15)/b17-11+. The molecule has 8 nitrogen and oxygen atoms in total. The summed E-state index contributed by atoms with van der Waals surface area (Å²) in [6.45, 7) is 0.231. The molecule has 22 heavy (non-hydrogen) atoms. The first-order chi connectivity index (χ1) is 10.7. The molecule has 0 aliphatic carbocycles. The Morgan fingerprint density at radius 2 is 2.18 bits per heavy atom. The maximum Gasteiger partial charge on any atom is 0.204 e. The van der Waals surface area contributed by atoms with Crippen LogP contribution in [0.25, 0.3) is 0 Å². The predicted octanol–water partition coefficient (Wildman–Crippen LogP) is 1.22. The Hall–Kier alpha value is -2.81. The summed E-state index contributed by atoms with van der Waals surface area (Å²) < 4.78 is 1.54. The van der Waals surface area contributed by atoms with Gasteiger partial charge in [0.1, 0.15) is 0 Å². The first-order valence-electron chi connectivity index (χ1n) is 6.42. The highest BCUT2D eigenvalue weighted by Gasteiger charge is 2.14. The molecule has 2 N–H and O–H groups in total. The number of anilines is 1. The lowest BCUT2D eigenvalue weighted by molar-refractivity contribution is 0.128. The van der Waals surface area contributed by atoms with E-state index in [1.165, 1.54) is 16.0 Å². The third kappa shape index (κ3) is 3.09. The zero-order valence-electron chi connectivity index (χ0n) is 11.7. The summed E-state index contributed by atoms with van der Waals surface area (Å²) >= 11 is 1.36. The van der Waals surface area contributed by atoms with Crippen molar-refractivity contribution in [2.24, 2.45) is 12.2 Å². The molecule has 9 heteroatoms. The molecule has 0 aliphatic heterocycles. The fourth-order valence-electron chi connectivity index (χ4n) is 1.80. The van der Waals surface area contributed by atoms with Gasteiger partial charge in [0.2, 0.25) is 5.82 Å². The summed E-state index contributed by atoms with van der Waals surface area (Å²) in [7, 11) is 1.74. The van der Waals surface area contributed by atoms with Crippen LogP contribution in [0, 0.1) is 0 Å². The van der Waals surface area contributed by atoms with E-state index in [-0.39, 0.29) is 6.61 Å². The summed E-state index contributed by atoms with van der Waals surface area (Å²) in [5, 5.41) is 18.0. The molecule has 0 aliphatic rings. The molecular weight excluding hydrogens is 302 g/mol. The molecule has 0 atom stereocenters. The Labute approximate surface area is 130 Å². The van der Waals surface area contributed by atoms with Crippen molar-refractivity contribution in [1.29, 1.82) is 0 Å². The monoisotopic (exact) mass is 315 g/mol. The van der Waals surface area contributed by atoms with Crippen LogP contribution < -0.4 is 5.73 Å². The minimum atomic E-state index is 0.231. The highest BCUT2D eigenvalue weighted by atomic mass is 32.1. The minimum Gasteiger partial charge on any atom is -0.389 e. The van der Waals surface area contributed by atoms with Gasteiger partial charge in [0.05, 0.1) is 5.69 Å². The van der Waals surface area contributed by atoms with Gasteiger partial charge in [0.15, 0.2) is 17.5 Å². The number of aryl methyl sites for hydroxylation is 1. The van der Waals surface area contributed by atoms with Gasteiger partial charge in [0.25, 0.3) is 0 Å². The molecule has 3 rings (SSSR count). The van der Waals surface area contributed by atoms with Crippen LogP contribution in [-0.4, -0.2) is 30.9 Å². The van der Waals surface area contributed by atoms with Crippen LogP contribution in [0.1, 0.15) is 17.1 Å². The zero-order valence-corrected chi connectivity index (χ0v) is 12.6. The van der Waals surface area contributed by atoms with Gasteiger partial charge in [-0.25, -0.2) is 9.67 Å². The Balaban J connectivity index is 1.85. The lowest BCUT2D eigenvalue weighted by Crippen LogP contribution is -2.12. The Kier molecular flexibility index (Phi) is 4.05. The van der Waals surface area contributed by atoms with Crippen molar-refractivity contribution in [2.45, 2.75) is 6.61 Å². The number of hydrogen-bond acceptors (Lipinski definition) is 8. The maximum absolute atomic E-state index is 5.58. The highest BCUT2D eigenvalue weighted by molar-refractivity contribution is 7.13. The number of nitrogen functional groups attached to an aromatic ring is 1. The minimum absolute atomic E-state index is 0.231. The van der Waals surface area contributed by atoms with Crippen molar-refractivity contribution < 1.29 is 4.84 Å². The molecule has 0 spiro atoms. The largest absolute Gasteiger partial charge is 0.389 e. The quantitative estimate of drug-likeness (QED) is 0.561. The van der Waals surface area contributed by atoms with E-state index in [4.69, 9.17) is 10.6 Å². The first kappa shape index (κ1) is 14.1. The van der Waals surface area contributed by atoms with E-state index >= 15 is 0 Å². The Morgan fingerprint density at radius 1 is 1.36 bits per heavy atom. The molecule has 0 unspecified atom stereocenters. The van der Waals surface area contributed by atoms with Crippen molar-refractivity contribution >= 4 is 22.2 Å². The van der Waals surface area contributed by atoms with Crippen molar-refractivity contribution in [2.75, 3.05) is 5.73 Å². The smallest absolute Gasteiger partial charge is 0.204 e. The van der Waals surface area contributed by atoms with Crippen LogP contribution in [-0.2, 0) is 18.5 Å². The first-order valence-corrected chi connectivity index (χ1v) is 7.30. The maximum atomic E-state index is 5.58. The number of rotatable bonds is 5. The summed E-state index contributed by atoms with van der Waals surface area (Å²) in [6, 6.07) is 9.58. The zero-order chi connectivity index (χ0) is 15.4. The van der Waals surface area contributed by atoms with E-state index in [0.29, 0.717) is 16.7 Å². The van der Waals surface area contributed by atoms with Crippen LogP contribution in [0.15, 0.2) is 40.9 Å². The van der Waals surface area contributed by atoms with Crippen LogP contribution in [0.2, 0.25) is 0 Å². The second-order valence-corrected chi connectivity index (χ2v) is 5.27. The van der Waals surface area contributed by atoms with Crippen molar-refractivity contribution in [3.63, 3.8) is 0 Å². The van der Waals surface area contributed by atoms with Gasteiger partial charge in [0, 0.05) is 18.0 Å². The number of nitrogens with zero attached hydrogens (tertiary/aromatic N) is 6. The number of thiazole rings is 1. The van der Waals surface area contributed by atoms with E-state index in [2.05, 4.69) is 25.7 Å². The normalized spacial score (nSPS) is 11.6. The molecule has 0 radical (unpaired) electrons. The molecule has 2 heterocycles. The SMILES string of the molecule is Cn1nnnc1/C(=N/OCc1csc(N)n1)c1ccccc1. The highest BCUT2D eigenvalue weighted by Crippen LogP contribution is 2.13. The van der Waals surface area contributed by atoms with E-state index in [9.17, 15) is 0 Å². The fourth-order valence-corrected chi connectivity index (χ4v) is 2.35. The van der Waals surface area contributed by atoms with Crippen LogP contribution in [0.5, 0.6) is 0 Å². The van der Waals surface area contributed by atoms with Crippen LogP contribution >= 0.6 is 11.3 Å². The van der Waals surface area contributed by atoms with Crippen LogP contribution in [0.4, 0.5) is 5.13 Å². The number of oxime groups is 1.